The van der Waals surface area contributed by atoms with Gasteiger partial charge in [0.15, 0.2) is 0 Å². The zero-order chi connectivity index (χ0) is 24.4. The quantitative estimate of drug-likeness (QED) is 0.517. The Balaban J connectivity index is 1.42. The highest BCUT2D eigenvalue weighted by atomic mass is 35.5. The van der Waals surface area contributed by atoms with Gasteiger partial charge in [-0.3, -0.25) is 9.59 Å². The Hall–Kier alpha value is -3.06. The first-order valence-corrected chi connectivity index (χ1v) is 13.0. The molecule has 1 N–H and O–H groups in total. The molecule has 7 heteroatoms. The van der Waals surface area contributed by atoms with Crippen LogP contribution in [-0.4, -0.2) is 42.9 Å². The van der Waals surface area contributed by atoms with Crippen LogP contribution in [-0.2, 0) is 16.1 Å². The normalized spacial score (nSPS) is 17.0. The molecule has 0 aliphatic carbocycles. The highest BCUT2D eigenvalue weighted by molar-refractivity contribution is 8.04. The van der Waals surface area contributed by atoms with Crippen molar-refractivity contribution in [3.8, 4) is 0 Å². The third-order valence-electron chi connectivity index (χ3n) is 6.46. The van der Waals surface area contributed by atoms with Gasteiger partial charge in [0.2, 0.25) is 0 Å². The molecular formula is C28H27ClN3O2S+. The van der Waals surface area contributed by atoms with Crippen LogP contribution in [0, 0.1) is 6.92 Å². The van der Waals surface area contributed by atoms with Crippen molar-refractivity contribution in [3.63, 3.8) is 0 Å². The lowest BCUT2D eigenvalue weighted by atomic mass is 10.2. The molecule has 0 radical (unpaired) electrons. The summed E-state index contributed by atoms with van der Waals surface area (Å²) in [5, 5.41) is 0.579. The average Bonchev–Trinajstić information content (AvgIpc) is 3.10. The van der Waals surface area contributed by atoms with E-state index in [-0.39, 0.29) is 11.8 Å². The van der Waals surface area contributed by atoms with Gasteiger partial charge >= 0.3 is 0 Å². The molecule has 0 atom stereocenters. The van der Waals surface area contributed by atoms with Crippen LogP contribution in [0.15, 0.2) is 94.4 Å². The Morgan fingerprint density at radius 1 is 0.886 bits per heavy atom. The Bertz CT molecular complexity index is 1270. The third-order valence-corrected chi connectivity index (χ3v) is 7.78. The summed E-state index contributed by atoms with van der Waals surface area (Å²) < 4.78 is 0. The van der Waals surface area contributed by atoms with E-state index in [1.165, 1.54) is 27.1 Å². The summed E-state index contributed by atoms with van der Waals surface area (Å²) in [4.78, 5) is 33.8. The van der Waals surface area contributed by atoms with E-state index in [2.05, 4.69) is 29.2 Å². The molecule has 1 fully saturated rings. The highest BCUT2D eigenvalue weighted by Gasteiger charge is 2.43. The van der Waals surface area contributed by atoms with Crippen molar-refractivity contribution in [2.75, 3.05) is 31.1 Å². The van der Waals surface area contributed by atoms with Crippen LogP contribution < -0.4 is 9.80 Å². The first-order valence-electron chi connectivity index (χ1n) is 11.8. The van der Waals surface area contributed by atoms with Gasteiger partial charge in [0.25, 0.3) is 11.8 Å². The van der Waals surface area contributed by atoms with E-state index in [1.807, 2.05) is 43.3 Å². The van der Waals surface area contributed by atoms with Gasteiger partial charge in [0, 0.05) is 15.5 Å². The van der Waals surface area contributed by atoms with Gasteiger partial charge in [0.1, 0.15) is 17.1 Å². The van der Waals surface area contributed by atoms with Gasteiger partial charge in [0.05, 0.1) is 31.9 Å². The topological polar surface area (TPSA) is 45.1 Å². The van der Waals surface area contributed by atoms with E-state index >= 15 is 0 Å². The predicted molar refractivity (Wildman–Crippen MR) is 140 cm³/mol. The van der Waals surface area contributed by atoms with Gasteiger partial charge in [-0.25, -0.2) is 4.90 Å². The number of carbonyl (C=O) groups excluding carboxylic acids is 2. The van der Waals surface area contributed by atoms with Crippen molar-refractivity contribution in [1.29, 1.82) is 0 Å². The number of quaternary nitrogens is 1. The van der Waals surface area contributed by atoms with E-state index in [9.17, 15) is 9.59 Å². The smallest absolute Gasteiger partial charge is 0.283 e. The Kier molecular flexibility index (Phi) is 6.95. The van der Waals surface area contributed by atoms with Crippen LogP contribution in [0.3, 0.4) is 0 Å². The molecule has 5 nitrogen and oxygen atoms in total. The summed E-state index contributed by atoms with van der Waals surface area (Å²) >= 11 is 7.51. The molecule has 0 bridgehead atoms. The number of rotatable bonds is 6. The number of imide groups is 1. The maximum Gasteiger partial charge on any atom is 0.283 e. The SMILES string of the molecule is Cc1cc(Cl)ccc1N1C(=O)C(Sc2ccccc2)=C(N2CC[NH+](Cc3ccccc3)CC2)C1=O. The maximum absolute atomic E-state index is 13.8. The number of thioether (sulfide) groups is 1. The van der Waals surface area contributed by atoms with Crippen LogP contribution in [0.5, 0.6) is 0 Å². The second kappa shape index (κ2) is 10.3. The molecule has 2 amide bonds. The Morgan fingerprint density at radius 2 is 1.54 bits per heavy atom. The third kappa shape index (κ3) is 5.01. The fourth-order valence-corrected chi connectivity index (χ4v) is 5.92. The van der Waals surface area contributed by atoms with Crippen LogP contribution in [0.4, 0.5) is 5.69 Å². The summed E-state index contributed by atoms with van der Waals surface area (Å²) in [7, 11) is 0. The number of aryl methyl sites for hydroxylation is 1. The number of amides is 2. The monoisotopic (exact) mass is 504 g/mol. The number of nitrogens with one attached hydrogen (secondary N) is 1. The second-order valence-corrected chi connectivity index (χ2v) is 10.4. The predicted octanol–water partition coefficient (Wildman–Crippen LogP) is 3.93. The Labute approximate surface area is 215 Å². The van der Waals surface area contributed by atoms with E-state index in [1.54, 1.807) is 18.2 Å². The lowest BCUT2D eigenvalue weighted by Crippen LogP contribution is -3.13. The van der Waals surface area contributed by atoms with Crippen molar-refractivity contribution < 1.29 is 14.5 Å². The van der Waals surface area contributed by atoms with Gasteiger partial charge < -0.3 is 9.80 Å². The zero-order valence-electron chi connectivity index (χ0n) is 19.5. The van der Waals surface area contributed by atoms with Crippen molar-refractivity contribution in [1.82, 2.24) is 4.90 Å². The molecule has 35 heavy (non-hydrogen) atoms. The first-order chi connectivity index (χ1) is 17.0. The summed E-state index contributed by atoms with van der Waals surface area (Å²) in [5.74, 6) is -0.534. The molecule has 0 saturated carbocycles. The van der Waals surface area contributed by atoms with Crippen molar-refractivity contribution in [2.45, 2.75) is 18.4 Å². The number of carbonyl (C=O) groups is 2. The van der Waals surface area contributed by atoms with Crippen LogP contribution >= 0.6 is 23.4 Å². The van der Waals surface area contributed by atoms with Crippen molar-refractivity contribution in [2.24, 2.45) is 0 Å². The van der Waals surface area contributed by atoms with Gasteiger partial charge in [-0.05, 0) is 42.8 Å². The fourth-order valence-electron chi connectivity index (χ4n) is 4.67. The maximum atomic E-state index is 13.8. The zero-order valence-corrected chi connectivity index (χ0v) is 21.1. The molecule has 0 unspecified atom stereocenters. The molecule has 1 saturated heterocycles. The molecule has 3 aromatic carbocycles. The van der Waals surface area contributed by atoms with Crippen LogP contribution in [0.2, 0.25) is 5.02 Å². The minimum atomic E-state index is -0.275. The summed E-state index contributed by atoms with van der Waals surface area (Å²) in [6.45, 7) is 6.09. The molecule has 178 valence electrons. The van der Waals surface area contributed by atoms with Crippen LogP contribution in [0.25, 0.3) is 0 Å². The second-order valence-electron chi connectivity index (χ2n) is 8.87. The van der Waals surface area contributed by atoms with Crippen LogP contribution in [0.1, 0.15) is 11.1 Å². The summed E-state index contributed by atoms with van der Waals surface area (Å²) in [5.41, 5.74) is 3.20. The van der Waals surface area contributed by atoms with Gasteiger partial charge in [-0.2, -0.15) is 0 Å². The number of benzene rings is 3. The van der Waals surface area contributed by atoms with Gasteiger partial charge in [-0.1, -0.05) is 71.9 Å². The number of piperazine rings is 1. The minimum absolute atomic E-state index is 0.259. The fraction of sp³-hybridized carbons (Fsp3) is 0.214. The first kappa shape index (κ1) is 23.7. The minimum Gasteiger partial charge on any atom is -0.355 e. The molecule has 5 rings (SSSR count). The number of anilines is 1. The van der Waals surface area contributed by atoms with E-state index in [0.29, 0.717) is 21.3 Å². The molecule has 0 spiro atoms. The molecule has 3 aromatic rings. The molecule has 2 aliphatic heterocycles. The molecule has 0 aromatic heterocycles. The molecular weight excluding hydrogens is 478 g/mol. The lowest BCUT2D eigenvalue weighted by molar-refractivity contribution is -0.917. The molecule has 2 aliphatic rings. The van der Waals surface area contributed by atoms with E-state index < -0.39 is 0 Å². The average molecular weight is 505 g/mol. The Morgan fingerprint density at radius 3 is 2.20 bits per heavy atom. The van der Waals surface area contributed by atoms with E-state index in [4.69, 9.17) is 11.6 Å². The largest absolute Gasteiger partial charge is 0.355 e. The van der Waals surface area contributed by atoms with Crippen molar-refractivity contribution >= 4 is 40.9 Å². The number of hydrogen-bond acceptors (Lipinski definition) is 4. The van der Waals surface area contributed by atoms with E-state index in [0.717, 1.165) is 43.2 Å². The number of hydrogen-bond donors (Lipinski definition) is 1. The lowest BCUT2D eigenvalue weighted by Gasteiger charge is -2.34. The summed E-state index contributed by atoms with van der Waals surface area (Å²) in [6.07, 6.45) is 0. The number of nitrogens with zero attached hydrogens (tertiary/aromatic N) is 2. The summed E-state index contributed by atoms with van der Waals surface area (Å²) in [6, 6.07) is 25.5. The molecule has 2 heterocycles. The highest BCUT2D eigenvalue weighted by Crippen LogP contribution is 2.39. The standard InChI is InChI=1S/C28H26ClN3O2S/c1-20-18-22(29)12-13-24(20)32-27(33)25(26(28(32)34)35-23-10-6-3-7-11-23)31-16-14-30(15-17-31)19-21-8-4-2-5-9-21/h2-13,18H,14-17,19H2,1H3/p+1. The number of halogens is 1. The van der Waals surface area contributed by atoms with Crippen molar-refractivity contribution in [3.05, 3.63) is 106 Å². The van der Waals surface area contributed by atoms with Gasteiger partial charge in [-0.15, -0.1) is 0 Å².